The number of nitrogens with zero attached hydrogens (tertiary/aromatic N) is 2. The van der Waals surface area contributed by atoms with Gasteiger partial charge in [-0.25, -0.2) is 4.79 Å². The molecule has 7 nitrogen and oxygen atoms in total. The normalized spacial score (nSPS) is 15.2. The fourth-order valence-corrected chi connectivity index (χ4v) is 3.17. The van der Waals surface area contributed by atoms with Gasteiger partial charge in [-0.05, 0) is 6.42 Å². The summed E-state index contributed by atoms with van der Waals surface area (Å²) < 4.78 is 6.48. The largest absolute Gasteiger partial charge is 0.477 e. The van der Waals surface area contributed by atoms with E-state index in [1.54, 1.807) is 4.90 Å². The van der Waals surface area contributed by atoms with E-state index >= 15 is 0 Å². The van der Waals surface area contributed by atoms with Crippen molar-refractivity contribution < 1.29 is 19.4 Å². The maximum absolute atomic E-state index is 12.2. The lowest BCUT2D eigenvalue weighted by molar-refractivity contribution is -0.135. The van der Waals surface area contributed by atoms with Gasteiger partial charge in [-0.2, -0.15) is 0 Å². The van der Waals surface area contributed by atoms with E-state index in [0.717, 1.165) is 0 Å². The van der Waals surface area contributed by atoms with Crippen LogP contribution in [0.1, 0.15) is 28.7 Å². The minimum absolute atomic E-state index is 0.0385. The van der Waals surface area contributed by atoms with Crippen molar-refractivity contribution in [1.29, 1.82) is 0 Å². The van der Waals surface area contributed by atoms with Crippen molar-refractivity contribution in [3.8, 4) is 0 Å². The summed E-state index contributed by atoms with van der Waals surface area (Å²) in [5, 5.41) is 9.16. The highest BCUT2D eigenvalue weighted by molar-refractivity contribution is 7.11. The molecule has 0 atom stereocenters. The smallest absolute Gasteiger partial charge is 0.347 e. The molecule has 1 aromatic rings. The number of carbonyl (C=O) groups is 2. The third-order valence-corrected chi connectivity index (χ3v) is 4.35. The predicted octanol–water partition coefficient (Wildman–Crippen LogP) is 0.419. The van der Waals surface area contributed by atoms with Crippen LogP contribution in [-0.4, -0.2) is 52.8 Å². The Morgan fingerprint density at radius 3 is 2.57 bits per heavy atom. The van der Waals surface area contributed by atoms with Gasteiger partial charge in [0.15, 0.2) is 0 Å². The van der Waals surface area contributed by atoms with Gasteiger partial charge in [-0.15, -0.1) is 0 Å². The number of carboxylic acids is 1. The summed E-state index contributed by atoms with van der Waals surface area (Å²) in [4.78, 5) is 36.7. The average molecular weight is 314 g/mol. The molecular weight excluding hydrogens is 296 g/mol. The van der Waals surface area contributed by atoms with E-state index < -0.39 is 10.8 Å². The SMILES string of the molecule is CCCc1c(C(=O)O)sc(=O)n1CC(=O)N1CCOCC1. The molecule has 0 radical (unpaired) electrons. The molecular formula is C13H18N2O5S. The molecule has 0 aliphatic carbocycles. The number of rotatable bonds is 5. The molecule has 1 aliphatic rings. The maximum Gasteiger partial charge on any atom is 0.347 e. The summed E-state index contributed by atoms with van der Waals surface area (Å²) in [6.07, 6.45) is 1.18. The second kappa shape index (κ2) is 6.86. The number of morpholine rings is 1. The third kappa shape index (κ3) is 3.51. The quantitative estimate of drug-likeness (QED) is 0.851. The van der Waals surface area contributed by atoms with Crippen molar-refractivity contribution in [2.75, 3.05) is 26.3 Å². The van der Waals surface area contributed by atoms with Crippen molar-refractivity contribution in [3.63, 3.8) is 0 Å². The molecule has 1 aromatic heterocycles. The Morgan fingerprint density at radius 1 is 1.33 bits per heavy atom. The van der Waals surface area contributed by atoms with Crippen LogP contribution < -0.4 is 4.87 Å². The number of hydrogen-bond acceptors (Lipinski definition) is 5. The van der Waals surface area contributed by atoms with Crippen LogP contribution >= 0.6 is 11.3 Å². The monoisotopic (exact) mass is 314 g/mol. The summed E-state index contributed by atoms with van der Waals surface area (Å²) in [7, 11) is 0. The molecule has 1 saturated heterocycles. The first-order valence-corrected chi connectivity index (χ1v) is 7.67. The lowest BCUT2D eigenvalue weighted by Gasteiger charge is -2.27. The molecule has 2 rings (SSSR count). The molecule has 0 unspecified atom stereocenters. The van der Waals surface area contributed by atoms with Gasteiger partial charge in [0.05, 0.1) is 13.2 Å². The van der Waals surface area contributed by atoms with Crippen LogP contribution in [0.25, 0.3) is 0 Å². The van der Waals surface area contributed by atoms with Crippen LogP contribution in [-0.2, 0) is 22.5 Å². The molecule has 116 valence electrons. The fourth-order valence-electron chi connectivity index (χ4n) is 2.29. The number of amides is 1. The summed E-state index contributed by atoms with van der Waals surface area (Å²) >= 11 is 0.690. The van der Waals surface area contributed by atoms with Crippen molar-refractivity contribution in [2.45, 2.75) is 26.3 Å². The standard InChI is InChI=1S/C13H18N2O5S/c1-2-3-9-11(12(17)18)21-13(19)15(9)8-10(16)14-4-6-20-7-5-14/h2-8H2,1H3,(H,17,18). The molecule has 1 amide bonds. The van der Waals surface area contributed by atoms with Crippen LogP contribution in [0.4, 0.5) is 0 Å². The van der Waals surface area contributed by atoms with Gasteiger partial charge in [0.25, 0.3) is 0 Å². The topological polar surface area (TPSA) is 88.8 Å². The first-order chi connectivity index (χ1) is 10.0. The second-order valence-electron chi connectivity index (χ2n) is 4.78. The average Bonchev–Trinajstić information content (AvgIpc) is 2.78. The van der Waals surface area contributed by atoms with Gasteiger partial charge in [0, 0.05) is 18.8 Å². The number of ether oxygens (including phenoxy) is 1. The lowest BCUT2D eigenvalue weighted by atomic mass is 10.2. The molecule has 21 heavy (non-hydrogen) atoms. The van der Waals surface area contributed by atoms with Crippen LogP contribution in [0.15, 0.2) is 4.79 Å². The van der Waals surface area contributed by atoms with E-state index in [2.05, 4.69) is 0 Å². The summed E-state index contributed by atoms with van der Waals surface area (Å²) in [6.45, 7) is 3.80. The summed E-state index contributed by atoms with van der Waals surface area (Å²) in [5.41, 5.74) is 0.446. The zero-order valence-electron chi connectivity index (χ0n) is 11.8. The van der Waals surface area contributed by atoms with E-state index in [-0.39, 0.29) is 17.3 Å². The number of carbonyl (C=O) groups excluding carboxylic acids is 1. The molecule has 1 fully saturated rings. The van der Waals surface area contributed by atoms with Crippen molar-refractivity contribution in [2.24, 2.45) is 0 Å². The van der Waals surface area contributed by atoms with Gasteiger partial charge in [-0.3, -0.25) is 14.2 Å². The Labute approximate surface area is 125 Å². The Kier molecular flexibility index (Phi) is 5.13. The van der Waals surface area contributed by atoms with E-state index in [9.17, 15) is 14.4 Å². The van der Waals surface area contributed by atoms with E-state index in [1.165, 1.54) is 4.57 Å². The Bertz CT molecular complexity index is 586. The van der Waals surface area contributed by atoms with Crippen molar-refractivity contribution in [3.05, 3.63) is 20.2 Å². The maximum atomic E-state index is 12.2. The van der Waals surface area contributed by atoms with Crippen LogP contribution in [0.3, 0.4) is 0 Å². The molecule has 0 bridgehead atoms. The molecule has 0 saturated carbocycles. The lowest BCUT2D eigenvalue weighted by Crippen LogP contribution is -2.43. The number of carboxylic acid groups (broad SMARTS) is 1. The third-order valence-electron chi connectivity index (χ3n) is 3.34. The molecule has 1 N–H and O–H groups in total. The zero-order valence-corrected chi connectivity index (χ0v) is 12.6. The fraction of sp³-hybridized carbons (Fsp3) is 0.615. The highest BCUT2D eigenvalue weighted by Gasteiger charge is 2.23. The van der Waals surface area contributed by atoms with Gasteiger partial charge in [-0.1, -0.05) is 24.7 Å². The van der Waals surface area contributed by atoms with E-state index in [4.69, 9.17) is 9.84 Å². The Balaban J connectivity index is 2.24. The number of aromatic nitrogens is 1. The first-order valence-electron chi connectivity index (χ1n) is 6.86. The zero-order chi connectivity index (χ0) is 15.4. The second-order valence-corrected chi connectivity index (χ2v) is 5.74. The van der Waals surface area contributed by atoms with Crippen molar-refractivity contribution in [1.82, 2.24) is 9.47 Å². The van der Waals surface area contributed by atoms with Gasteiger partial charge >= 0.3 is 10.8 Å². The van der Waals surface area contributed by atoms with E-state index in [0.29, 0.717) is 56.2 Å². The molecule has 8 heteroatoms. The Hall–Kier alpha value is -1.67. The number of hydrogen-bond donors (Lipinski definition) is 1. The number of aromatic carboxylic acids is 1. The molecule has 1 aliphatic heterocycles. The number of thiazole rings is 1. The Morgan fingerprint density at radius 2 is 2.00 bits per heavy atom. The van der Waals surface area contributed by atoms with Gasteiger partial charge in [0.1, 0.15) is 11.4 Å². The summed E-state index contributed by atoms with van der Waals surface area (Å²) in [6, 6.07) is 0. The first kappa shape index (κ1) is 15.7. The predicted molar refractivity (Wildman–Crippen MR) is 76.9 cm³/mol. The van der Waals surface area contributed by atoms with Crippen LogP contribution in [0.2, 0.25) is 0 Å². The molecule has 0 spiro atoms. The van der Waals surface area contributed by atoms with E-state index in [1.807, 2.05) is 6.92 Å². The minimum atomic E-state index is -1.11. The molecule has 2 heterocycles. The molecule has 0 aromatic carbocycles. The van der Waals surface area contributed by atoms with Gasteiger partial charge < -0.3 is 14.7 Å². The highest BCUT2D eigenvalue weighted by Crippen LogP contribution is 2.15. The van der Waals surface area contributed by atoms with Crippen LogP contribution in [0, 0.1) is 0 Å². The summed E-state index contributed by atoms with van der Waals surface area (Å²) in [5.74, 6) is -1.29. The van der Waals surface area contributed by atoms with Crippen molar-refractivity contribution >= 4 is 23.2 Å². The van der Waals surface area contributed by atoms with Crippen LogP contribution in [0.5, 0.6) is 0 Å². The minimum Gasteiger partial charge on any atom is -0.477 e. The van der Waals surface area contributed by atoms with Gasteiger partial charge in [0.2, 0.25) is 5.91 Å². The highest BCUT2D eigenvalue weighted by atomic mass is 32.1.